The van der Waals surface area contributed by atoms with Crippen LogP contribution in [0.5, 0.6) is 0 Å². The van der Waals surface area contributed by atoms with Gasteiger partial charge in [-0.25, -0.2) is 14.6 Å². The monoisotopic (exact) mass is 652 g/mol. The Hall–Kier alpha value is -4.02. The van der Waals surface area contributed by atoms with Crippen molar-refractivity contribution in [3.63, 3.8) is 0 Å². The number of fused-ring (bicyclic) bond motifs is 4. The minimum absolute atomic E-state index is 0.0670. The molecule has 20 nitrogen and oxygen atoms in total. The van der Waals surface area contributed by atoms with Crippen LogP contribution in [-0.2, 0) is 19.4 Å². The zero-order chi connectivity index (χ0) is 33.9. The summed E-state index contributed by atoms with van der Waals surface area (Å²) in [5, 5.41) is 84.3. The highest BCUT2D eigenvalue weighted by Crippen LogP contribution is 2.48. The first-order valence-corrected chi connectivity index (χ1v) is 14.3. The smallest absolute Gasteiger partial charge is 0.349 e. The van der Waals surface area contributed by atoms with Gasteiger partial charge < -0.3 is 55.6 Å². The van der Waals surface area contributed by atoms with Crippen molar-refractivity contribution >= 4 is 11.5 Å². The maximum Gasteiger partial charge on any atom is 0.349 e. The Morgan fingerprint density at radius 2 is 1.39 bits per heavy atom. The molecular weight excluding hydrogens is 616 g/mol. The molecule has 46 heavy (non-hydrogen) atoms. The maximum atomic E-state index is 13.0. The maximum absolute atomic E-state index is 13.0. The molecule has 20 heteroatoms. The summed E-state index contributed by atoms with van der Waals surface area (Å²) >= 11 is 0. The standard InChI is InChI=1S/C26H36N8O12/c1-25-4-10-9(27-15-19(28-23(45)30-21(15)43)33(10)5-11(37)17(41)13(39)7-35)3-26(25,2)34(6-12(38)18(42)14(40)8-36)20-16(32-25)22(44)31-24(46)29-20/h11-14,17-18,32,35-42H,3-8H2,1-2H3,(H,30,43,45)(H2,29,31,44,46)/t11-,12-,13+,14+,17-,18-,25+,26-/m0/s1. The molecule has 4 aliphatic rings. The normalized spacial score (nSPS) is 24.6. The van der Waals surface area contributed by atoms with Gasteiger partial charge in [-0.2, -0.15) is 4.98 Å². The van der Waals surface area contributed by atoms with Gasteiger partial charge in [0.05, 0.1) is 36.5 Å². The fourth-order valence-electron chi connectivity index (χ4n) is 6.29. The van der Waals surface area contributed by atoms with Gasteiger partial charge in [-0.3, -0.25) is 24.5 Å². The Balaban J connectivity index is 1.72. The minimum atomic E-state index is -1.85. The van der Waals surface area contributed by atoms with Gasteiger partial charge in [-0.05, 0) is 13.8 Å². The molecule has 1 aliphatic carbocycles. The first-order chi connectivity index (χ1) is 21.5. The van der Waals surface area contributed by atoms with Crippen LogP contribution >= 0.6 is 0 Å². The molecule has 252 valence electrons. The van der Waals surface area contributed by atoms with Gasteiger partial charge >= 0.3 is 11.4 Å². The number of rotatable bonds is 10. The molecular formula is C26H36N8O12. The molecule has 5 rings (SSSR count). The summed E-state index contributed by atoms with van der Waals surface area (Å²) in [6.07, 6.45) is -10.8. The van der Waals surface area contributed by atoms with Gasteiger partial charge in [0.15, 0.2) is 11.5 Å². The second kappa shape index (κ2) is 12.0. The van der Waals surface area contributed by atoms with Crippen LogP contribution in [0, 0.1) is 0 Å². The predicted octanol–water partition coefficient (Wildman–Crippen LogP) is -6.49. The Kier molecular flexibility index (Phi) is 8.68. The zero-order valence-corrected chi connectivity index (χ0v) is 24.7. The van der Waals surface area contributed by atoms with Crippen LogP contribution in [0.15, 0.2) is 19.2 Å². The van der Waals surface area contributed by atoms with E-state index in [0.717, 1.165) is 0 Å². The lowest BCUT2D eigenvalue weighted by Crippen LogP contribution is -2.73. The van der Waals surface area contributed by atoms with Gasteiger partial charge in [0, 0.05) is 25.1 Å². The number of aliphatic hydroxyl groups excluding tert-OH is 8. The molecule has 4 heterocycles. The summed E-state index contributed by atoms with van der Waals surface area (Å²) in [7, 11) is 0. The van der Waals surface area contributed by atoms with Gasteiger partial charge in [0.1, 0.15) is 48.1 Å². The van der Waals surface area contributed by atoms with Gasteiger partial charge in [-0.15, -0.1) is 0 Å². The molecule has 1 aromatic rings. The molecule has 0 bridgehead atoms. The Labute approximate surface area is 257 Å². The highest BCUT2D eigenvalue weighted by Gasteiger charge is 2.58. The zero-order valence-electron chi connectivity index (χ0n) is 24.7. The lowest BCUT2D eigenvalue weighted by molar-refractivity contribution is -0.0809. The molecule has 0 saturated heterocycles. The molecule has 3 aliphatic heterocycles. The van der Waals surface area contributed by atoms with Crippen LogP contribution in [0.25, 0.3) is 11.5 Å². The topological polar surface area (TPSA) is 323 Å². The van der Waals surface area contributed by atoms with Crippen molar-refractivity contribution in [1.29, 1.82) is 0 Å². The summed E-state index contributed by atoms with van der Waals surface area (Å²) < 4.78 is 1.28. The largest absolute Gasteiger partial charge is 0.394 e. The lowest BCUT2D eigenvalue weighted by atomic mass is 9.66. The number of aromatic nitrogens is 6. The number of H-pyrrole nitrogens is 3. The number of aromatic amines is 3. The Morgan fingerprint density at radius 3 is 2.00 bits per heavy atom. The third-order valence-corrected chi connectivity index (χ3v) is 9.12. The summed E-state index contributed by atoms with van der Waals surface area (Å²) in [6.45, 7) is 0.649. The fourth-order valence-corrected chi connectivity index (χ4v) is 6.29. The van der Waals surface area contributed by atoms with Crippen molar-refractivity contribution in [1.82, 2.24) is 29.5 Å². The average Bonchev–Trinajstić information content (AvgIpc) is 3.00. The van der Waals surface area contributed by atoms with Crippen LogP contribution in [0.3, 0.4) is 0 Å². The predicted molar refractivity (Wildman–Crippen MR) is 157 cm³/mol. The SMILES string of the molecule is C[C@@]12Cc3c(nc4c(=O)[nH]c(=O)nc-4n3C[C@H](O)[C@H](O)[C@H](O)CO)C[C@]1(C)N(C[C@H](O)[C@H](O)[C@H](O)CO)c1[nH]c(=O)[nH]c(=O)c1N2. The molecule has 1 aromatic heterocycles. The number of nitrogens with one attached hydrogen (secondary N) is 4. The molecule has 0 saturated carbocycles. The van der Waals surface area contributed by atoms with Gasteiger partial charge in [0.25, 0.3) is 11.1 Å². The number of hydrogen-bond acceptors (Lipinski definition) is 16. The summed E-state index contributed by atoms with van der Waals surface area (Å²) in [5.74, 6) is -0.321. The molecule has 0 fully saturated rings. The summed E-state index contributed by atoms with van der Waals surface area (Å²) in [5.41, 5.74) is -6.03. The van der Waals surface area contributed by atoms with Gasteiger partial charge in [-0.1, -0.05) is 0 Å². The number of aliphatic hydroxyl groups is 8. The van der Waals surface area contributed by atoms with Crippen LogP contribution in [0.1, 0.15) is 25.2 Å². The summed E-state index contributed by atoms with van der Waals surface area (Å²) in [4.78, 5) is 67.1. The molecule has 0 unspecified atom stereocenters. The third kappa shape index (κ3) is 5.41. The second-order valence-electron chi connectivity index (χ2n) is 12.1. The van der Waals surface area contributed by atoms with Crippen LogP contribution in [0.2, 0.25) is 0 Å². The van der Waals surface area contributed by atoms with Crippen LogP contribution in [0.4, 0.5) is 11.5 Å². The van der Waals surface area contributed by atoms with E-state index in [-0.39, 0.29) is 41.6 Å². The second-order valence-corrected chi connectivity index (χ2v) is 12.1. The van der Waals surface area contributed by atoms with E-state index in [0.29, 0.717) is 5.69 Å². The van der Waals surface area contributed by atoms with Gasteiger partial charge in [0.2, 0.25) is 0 Å². The number of hydrogen-bond donors (Lipinski definition) is 12. The van der Waals surface area contributed by atoms with E-state index in [9.17, 15) is 60.0 Å². The quantitative estimate of drug-likeness (QED) is 0.0968. The molecule has 0 spiro atoms. The van der Waals surface area contributed by atoms with E-state index in [1.54, 1.807) is 13.8 Å². The van der Waals surface area contributed by atoms with Crippen LogP contribution < -0.4 is 32.7 Å². The van der Waals surface area contributed by atoms with E-state index < -0.39 is 96.5 Å². The lowest BCUT2D eigenvalue weighted by Gasteiger charge is -2.60. The van der Waals surface area contributed by atoms with Crippen molar-refractivity contribution in [2.75, 3.05) is 30.0 Å². The number of β-amino-alcohol motifs (C(OH)–C–C–N with tert-alkyl or cyclic N) is 1. The molecule has 12 N–H and O–H groups in total. The Morgan fingerprint density at radius 1 is 0.783 bits per heavy atom. The van der Waals surface area contributed by atoms with Crippen LogP contribution in [-0.4, -0.2) is 138 Å². The first kappa shape index (κ1) is 33.3. The fraction of sp³-hybridized carbons (Fsp3) is 0.615. The number of nitrogens with zero attached hydrogens (tertiary/aromatic N) is 4. The van der Waals surface area contributed by atoms with E-state index in [1.165, 1.54) is 9.47 Å². The summed E-state index contributed by atoms with van der Waals surface area (Å²) in [6, 6.07) is 0. The van der Waals surface area contributed by atoms with Crippen molar-refractivity contribution in [2.24, 2.45) is 0 Å². The third-order valence-electron chi connectivity index (χ3n) is 9.12. The average molecular weight is 653 g/mol. The van der Waals surface area contributed by atoms with E-state index >= 15 is 0 Å². The number of anilines is 2. The van der Waals surface area contributed by atoms with Crippen molar-refractivity contribution < 1.29 is 40.9 Å². The minimum Gasteiger partial charge on any atom is -0.394 e. The first-order valence-electron chi connectivity index (χ1n) is 14.3. The van der Waals surface area contributed by atoms with Crippen molar-refractivity contribution in [2.45, 2.75) is 80.9 Å². The molecule has 0 radical (unpaired) electrons. The molecule has 0 amide bonds. The van der Waals surface area contributed by atoms with E-state index in [1.807, 2.05) is 4.98 Å². The van der Waals surface area contributed by atoms with E-state index in [4.69, 9.17) is 0 Å². The van der Waals surface area contributed by atoms with Crippen molar-refractivity contribution in [3.8, 4) is 11.5 Å². The van der Waals surface area contributed by atoms with E-state index in [2.05, 4.69) is 25.3 Å². The highest BCUT2D eigenvalue weighted by atomic mass is 16.4. The van der Waals surface area contributed by atoms with Crippen molar-refractivity contribution in [3.05, 3.63) is 53.1 Å². The molecule has 0 aromatic carbocycles. The molecule has 8 atom stereocenters. The Bertz CT molecular complexity index is 1820. The highest BCUT2D eigenvalue weighted by molar-refractivity contribution is 5.72.